The van der Waals surface area contributed by atoms with E-state index in [-0.39, 0.29) is 12.2 Å². The minimum Gasteiger partial charge on any atom is -0.480 e. The molecule has 1 aromatic carbocycles. The van der Waals surface area contributed by atoms with Gasteiger partial charge in [-0.05, 0) is 49.8 Å². The molecule has 0 spiro atoms. The molecule has 9 heteroatoms. The second-order valence-electron chi connectivity index (χ2n) is 8.36. The van der Waals surface area contributed by atoms with Crippen molar-refractivity contribution < 1.29 is 23.4 Å². The summed E-state index contributed by atoms with van der Waals surface area (Å²) in [6.45, 7) is 1.87. The smallest absolute Gasteiger partial charge is 0.322 e. The predicted molar refractivity (Wildman–Crippen MR) is 124 cm³/mol. The molecule has 1 heterocycles. The Morgan fingerprint density at radius 3 is 2.75 bits per heavy atom. The lowest BCUT2D eigenvalue weighted by atomic mass is 9.86. The Morgan fingerprint density at radius 1 is 1.31 bits per heavy atom. The second-order valence-corrected chi connectivity index (χ2v) is 10.2. The number of fused-ring (bicyclic) bond motifs is 1. The fourth-order valence-corrected chi connectivity index (χ4v) is 5.16. The second kappa shape index (κ2) is 10.4. The number of imidazole rings is 1. The Bertz CT molecular complexity index is 1070. The number of aromatic amines is 1. The van der Waals surface area contributed by atoms with Crippen LogP contribution in [0.3, 0.4) is 0 Å². The first-order valence-electron chi connectivity index (χ1n) is 11.0. The number of sulfonamides is 1. The summed E-state index contributed by atoms with van der Waals surface area (Å²) in [5, 5.41) is 20.3. The molecule has 2 aromatic rings. The minimum absolute atomic E-state index is 0.0340. The lowest BCUT2D eigenvalue weighted by Crippen LogP contribution is -2.42. The van der Waals surface area contributed by atoms with Crippen molar-refractivity contribution in [1.82, 2.24) is 14.7 Å². The van der Waals surface area contributed by atoms with Crippen molar-refractivity contribution in [3.63, 3.8) is 0 Å². The average molecular weight is 462 g/mol. The van der Waals surface area contributed by atoms with Crippen LogP contribution in [-0.4, -0.2) is 52.0 Å². The van der Waals surface area contributed by atoms with Gasteiger partial charge in [-0.25, -0.2) is 18.1 Å². The highest BCUT2D eigenvalue weighted by atomic mass is 32.2. The minimum atomic E-state index is -3.65. The van der Waals surface area contributed by atoms with E-state index in [1.165, 1.54) is 0 Å². The number of aromatic nitrogens is 2. The largest absolute Gasteiger partial charge is 0.480 e. The number of benzene rings is 1. The molecule has 4 N–H and O–H groups in total. The van der Waals surface area contributed by atoms with E-state index in [0.717, 1.165) is 23.3 Å². The molecular formula is C23H31N3O5S. The number of rotatable bonds is 12. The third-order valence-corrected chi connectivity index (χ3v) is 7.08. The summed E-state index contributed by atoms with van der Waals surface area (Å²) in [6.07, 6.45) is 8.73. The van der Waals surface area contributed by atoms with E-state index in [0.29, 0.717) is 37.7 Å². The van der Waals surface area contributed by atoms with Crippen LogP contribution >= 0.6 is 0 Å². The number of hydrogen-bond donors (Lipinski definition) is 4. The molecule has 1 aliphatic rings. The fourth-order valence-electron chi connectivity index (χ4n) is 3.75. The first-order chi connectivity index (χ1) is 15.2. The zero-order chi connectivity index (χ0) is 23.2. The van der Waals surface area contributed by atoms with E-state index in [1.807, 2.05) is 31.2 Å². The van der Waals surface area contributed by atoms with Gasteiger partial charge >= 0.3 is 5.97 Å². The topological polar surface area (TPSA) is 132 Å². The van der Waals surface area contributed by atoms with E-state index >= 15 is 0 Å². The van der Waals surface area contributed by atoms with Gasteiger partial charge in [0.05, 0.1) is 22.4 Å². The number of aryl methyl sites for hydroxylation is 1. The Balaban J connectivity index is 1.51. The molecule has 0 radical (unpaired) electrons. The number of aliphatic carboxylic acids is 1. The molecule has 0 fully saturated rings. The molecule has 1 unspecified atom stereocenters. The SMILES string of the molecule is CCCCS(=O)(=O)N[C@@H](CC1=CCC(O)(CCCc2nc3ccccc3[nH]2)C=C1)C(=O)O. The van der Waals surface area contributed by atoms with Crippen molar-refractivity contribution in [1.29, 1.82) is 0 Å². The molecule has 2 atom stereocenters. The van der Waals surface area contributed by atoms with Gasteiger partial charge in [-0.2, -0.15) is 0 Å². The van der Waals surface area contributed by atoms with E-state index in [9.17, 15) is 23.4 Å². The van der Waals surface area contributed by atoms with Crippen molar-refractivity contribution in [3.8, 4) is 0 Å². The highest BCUT2D eigenvalue weighted by molar-refractivity contribution is 7.89. The van der Waals surface area contributed by atoms with Gasteiger partial charge in [0, 0.05) is 6.42 Å². The third-order valence-electron chi connectivity index (χ3n) is 5.61. The van der Waals surface area contributed by atoms with Gasteiger partial charge in [-0.15, -0.1) is 0 Å². The Labute approximate surface area is 188 Å². The molecule has 1 aromatic heterocycles. The number of nitrogens with zero attached hydrogens (tertiary/aromatic N) is 1. The van der Waals surface area contributed by atoms with Crippen LogP contribution < -0.4 is 4.72 Å². The molecule has 0 amide bonds. The van der Waals surface area contributed by atoms with E-state index < -0.39 is 27.6 Å². The molecule has 8 nitrogen and oxygen atoms in total. The normalized spacial score (nSPS) is 19.8. The van der Waals surface area contributed by atoms with Crippen molar-refractivity contribution in [3.05, 3.63) is 53.9 Å². The highest BCUT2D eigenvalue weighted by Crippen LogP contribution is 2.28. The number of hydrogen-bond acceptors (Lipinski definition) is 5. The molecular weight excluding hydrogens is 430 g/mol. The number of carboxylic acid groups (broad SMARTS) is 1. The molecule has 32 heavy (non-hydrogen) atoms. The fraction of sp³-hybridized carbons (Fsp3) is 0.478. The number of para-hydroxylation sites is 2. The van der Waals surface area contributed by atoms with Crippen LogP contribution in [0.4, 0.5) is 0 Å². The summed E-state index contributed by atoms with van der Waals surface area (Å²) in [7, 11) is -3.65. The van der Waals surface area contributed by atoms with Crippen molar-refractivity contribution >= 4 is 27.0 Å². The first kappa shape index (κ1) is 24.2. The molecule has 174 valence electrons. The lowest BCUT2D eigenvalue weighted by molar-refractivity contribution is -0.138. The Morgan fingerprint density at radius 2 is 2.09 bits per heavy atom. The average Bonchev–Trinajstić information content (AvgIpc) is 3.16. The summed E-state index contributed by atoms with van der Waals surface area (Å²) in [4.78, 5) is 19.4. The van der Waals surface area contributed by atoms with Gasteiger partial charge in [0.1, 0.15) is 11.9 Å². The first-order valence-corrected chi connectivity index (χ1v) is 12.6. The van der Waals surface area contributed by atoms with Gasteiger partial charge in [0.2, 0.25) is 10.0 Å². The number of carbonyl (C=O) groups is 1. The number of nitrogens with one attached hydrogen (secondary N) is 2. The van der Waals surface area contributed by atoms with Gasteiger partial charge in [-0.3, -0.25) is 4.79 Å². The van der Waals surface area contributed by atoms with Crippen molar-refractivity contribution in [2.75, 3.05) is 5.75 Å². The highest BCUT2D eigenvalue weighted by Gasteiger charge is 2.28. The molecule has 0 aliphatic heterocycles. The molecule has 3 rings (SSSR count). The summed E-state index contributed by atoms with van der Waals surface area (Å²) in [6, 6.07) is 6.59. The maximum atomic E-state index is 12.1. The lowest BCUT2D eigenvalue weighted by Gasteiger charge is -2.27. The van der Waals surface area contributed by atoms with Crippen LogP contribution in [0.25, 0.3) is 11.0 Å². The van der Waals surface area contributed by atoms with Crippen LogP contribution in [-0.2, 0) is 21.2 Å². The molecule has 0 saturated carbocycles. The summed E-state index contributed by atoms with van der Waals surface area (Å²) < 4.78 is 26.4. The van der Waals surface area contributed by atoms with Crippen LogP contribution in [0.1, 0.15) is 51.3 Å². The number of allylic oxidation sites excluding steroid dienone is 1. The summed E-state index contributed by atoms with van der Waals surface area (Å²) in [5.74, 6) is -0.427. The van der Waals surface area contributed by atoms with E-state index in [4.69, 9.17) is 0 Å². The maximum absolute atomic E-state index is 12.1. The quantitative estimate of drug-likeness (QED) is 0.384. The third kappa shape index (κ3) is 6.75. The molecule has 0 saturated heterocycles. The number of aliphatic hydroxyl groups is 1. The predicted octanol–water partition coefficient (Wildman–Crippen LogP) is 3.07. The van der Waals surface area contributed by atoms with Crippen LogP contribution in [0, 0.1) is 0 Å². The van der Waals surface area contributed by atoms with E-state index in [2.05, 4.69) is 14.7 Å². The standard InChI is InChI=1S/C23H31N3O5S/c1-2-3-15-32(30,31)26-20(22(27)28)16-17-10-13-23(29,14-11-17)12-6-9-21-24-18-7-4-5-8-19(18)25-21/h4-5,7-8,10-11,13,20,26,29H,2-3,6,9,12,14-16H2,1H3,(H,24,25)(H,27,28)/t20-,23?/m0/s1. The van der Waals surface area contributed by atoms with Crippen LogP contribution in [0.15, 0.2) is 48.1 Å². The monoisotopic (exact) mass is 461 g/mol. The molecule has 1 aliphatic carbocycles. The van der Waals surface area contributed by atoms with E-state index in [1.54, 1.807) is 18.2 Å². The van der Waals surface area contributed by atoms with Gasteiger partial charge < -0.3 is 15.2 Å². The molecule has 0 bridgehead atoms. The number of H-pyrrole nitrogens is 1. The van der Waals surface area contributed by atoms with Gasteiger partial charge in [0.25, 0.3) is 0 Å². The number of unbranched alkanes of at least 4 members (excludes halogenated alkanes) is 1. The van der Waals surface area contributed by atoms with Crippen molar-refractivity contribution in [2.45, 2.75) is 63.5 Å². The number of carboxylic acids is 1. The van der Waals surface area contributed by atoms with Crippen molar-refractivity contribution in [2.24, 2.45) is 0 Å². The summed E-state index contributed by atoms with van der Waals surface area (Å²) in [5.41, 5.74) is 1.60. The zero-order valence-electron chi connectivity index (χ0n) is 18.3. The Kier molecular flexibility index (Phi) is 7.86. The maximum Gasteiger partial charge on any atom is 0.322 e. The Hall–Kier alpha value is -2.49. The zero-order valence-corrected chi connectivity index (χ0v) is 19.1. The summed E-state index contributed by atoms with van der Waals surface area (Å²) >= 11 is 0. The van der Waals surface area contributed by atoms with Crippen LogP contribution in [0.5, 0.6) is 0 Å². The van der Waals surface area contributed by atoms with Gasteiger partial charge in [0.15, 0.2) is 0 Å². The van der Waals surface area contributed by atoms with Gasteiger partial charge in [-0.1, -0.05) is 43.7 Å². The van der Waals surface area contributed by atoms with Crippen LogP contribution in [0.2, 0.25) is 0 Å².